The lowest BCUT2D eigenvalue weighted by atomic mass is 10.0. The van der Waals surface area contributed by atoms with Crippen molar-refractivity contribution in [2.24, 2.45) is 0 Å². The van der Waals surface area contributed by atoms with Crippen LogP contribution in [0.5, 0.6) is 5.75 Å². The van der Waals surface area contributed by atoms with Crippen molar-refractivity contribution in [2.75, 3.05) is 12.4 Å². The summed E-state index contributed by atoms with van der Waals surface area (Å²) in [7, 11) is 1.60. The van der Waals surface area contributed by atoms with Gasteiger partial charge in [0.15, 0.2) is 0 Å². The summed E-state index contributed by atoms with van der Waals surface area (Å²) in [5, 5.41) is 4.59. The Morgan fingerprint density at radius 2 is 1.96 bits per heavy atom. The standard InChI is InChI=1S/C20H15N3O2/c1-25-18-9-8-15(20(24)22-14-6-4-10-21-12-14)16-11-13-5-2-3-7-17(13)23-19(16)18/h2-12H,1H3,(H,22,24). The summed E-state index contributed by atoms with van der Waals surface area (Å²) >= 11 is 0. The Kier molecular flexibility index (Phi) is 3.74. The van der Waals surface area contributed by atoms with Crippen molar-refractivity contribution in [1.82, 2.24) is 9.97 Å². The van der Waals surface area contributed by atoms with E-state index >= 15 is 0 Å². The zero-order chi connectivity index (χ0) is 17.2. The van der Waals surface area contributed by atoms with Crippen LogP contribution in [0.4, 0.5) is 5.69 Å². The van der Waals surface area contributed by atoms with E-state index in [2.05, 4.69) is 15.3 Å². The first-order valence-corrected chi connectivity index (χ1v) is 7.84. The van der Waals surface area contributed by atoms with E-state index < -0.39 is 0 Å². The maximum absolute atomic E-state index is 12.8. The van der Waals surface area contributed by atoms with Crippen LogP contribution in [-0.4, -0.2) is 23.0 Å². The molecule has 0 saturated carbocycles. The lowest BCUT2D eigenvalue weighted by molar-refractivity contribution is 0.102. The van der Waals surface area contributed by atoms with E-state index in [9.17, 15) is 4.79 Å². The molecular formula is C20H15N3O2. The van der Waals surface area contributed by atoms with Crippen LogP contribution < -0.4 is 10.1 Å². The molecule has 0 fully saturated rings. The number of fused-ring (bicyclic) bond motifs is 2. The monoisotopic (exact) mass is 329 g/mol. The fourth-order valence-electron chi connectivity index (χ4n) is 2.83. The zero-order valence-corrected chi connectivity index (χ0v) is 13.6. The summed E-state index contributed by atoms with van der Waals surface area (Å²) in [6, 6.07) is 16.9. The smallest absolute Gasteiger partial charge is 0.256 e. The van der Waals surface area contributed by atoms with Gasteiger partial charge in [0.2, 0.25) is 0 Å². The number of carbonyl (C=O) groups excluding carboxylic acids is 1. The van der Waals surface area contributed by atoms with Crippen molar-refractivity contribution in [3.8, 4) is 5.75 Å². The summed E-state index contributed by atoms with van der Waals surface area (Å²) in [5.41, 5.74) is 2.71. The third kappa shape index (κ3) is 2.76. The second kappa shape index (κ2) is 6.20. The third-order valence-electron chi connectivity index (χ3n) is 4.03. The Balaban J connectivity index is 1.88. The van der Waals surface area contributed by atoms with Crippen molar-refractivity contribution in [1.29, 1.82) is 0 Å². The molecule has 0 saturated heterocycles. The van der Waals surface area contributed by atoms with E-state index in [-0.39, 0.29) is 5.91 Å². The third-order valence-corrected chi connectivity index (χ3v) is 4.03. The van der Waals surface area contributed by atoms with Gasteiger partial charge >= 0.3 is 0 Å². The lowest BCUT2D eigenvalue weighted by Gasteiger charge is -2.11. The van der Waals surface area contributed by atoms with Crippen LogP contribution in [0.25, 0.3) is 21.8 Å². The number of rotatable bonds is 3. The van der Waals surface area contributed by atoms with Crippen LogP contribution in [0.3, 0.4) is 0 Å². The normalized spacial score (nSPS) is 10.8. The SMILES string of the molecule is COc1ccc(C(=O)Nc2cccnc2)c2cc3ccccc3nc12. The van der Waals surface area contributed by atoms with E-state index in [1.807, 2.05) is 30.3 Å². The number of pyridine rings is 2. The van der Waals surface area contributed by atoms with Gasteiger partial charge in [0.05, 0.1) is 24.5 Å². The number of carbonyl (C=O) groups is 1. The topological polar surface area (TPSA) is 64.1 Å². The molecule has 5 heteroatoms. The number of hydrogen-bond acceptors (Lipinski definition) is 4. The Morgan fingerprint density at radius 3 is 2.76 bits per heavy atom. The van der Waals surface area contributed by atoms with Gasteiger partial charge in [-0.3, -0.25) is 9.78 Å². The van der Waals surface area contributed by atoms with E-state index in [0.717, 1.165) is 16.3 Å². The van der Waals surface area contributed by atoms with E-state index in [1.54, 1.807) is 43.8 Å². The predicted octanol–water partition coefficient (Wildman–Crippen LogP) is 4.04. The summed E-state index contributed by atoms with van der Waals surface area (Å²) in [4.78, 5) is 21.5. The van der Waals surface area contributed by atoms with Gasteiger partial charge in [0.1, 0.15) is 11.3 Å². The minimum Gasteiger partial charge on any atom is -0.494 e. The molecule has 0 spiro atoms. The maximum Gasteiger partial charge on any atom is 0.256 e. The molecule has 0 bridgehead atoms. The highest BCUT2D eigenvalue weighted by atomic mass is 16.5. The highest BCUT2D eigenvalue weighted by molar-refractivity contribution is 6.14. The Bertz CT molecular complexity index is 1080. The molecule has 0 atom stereocenters. The Hall–Kier alpha value is -3.47. The first-order valence-electron chi connectivity index (χ1n) is 7.84. The lowest BCUT2D eigenvalue weighted by Crippen LogP contribution is -2.12. The minimum absolute atomic E-state index is 0.210. The van der Waals surface area contributed by atoms with Crippen LogP contribution >= 0.6 is 0 Å². The second-order valence-corrected chi connectivity index (χ2v) is 5.59. The van der Waals surface area contributed by atoms with Crippen LogP contribution in [0.15, 0.2) is 67.0 Å². The van der Waals surface area contributed by atoms with Gasteiger partial charge in [-0.2, -0.15) is 0 Å². The number of anilines is 1. The maximum atomic E-state index is 12.8. The van der Waals surface area contributed by atoms with Gasteiger partial charge in [0, 0.05) is 22.5 Å². The fraction of sp³-hybridized carbons (Fsp3) is 0.0500. The van der Waals surface area contributed by atoms with Crippen molar-refractivity contribution < 1.29 is 9.53 Å². The molecule has 1 N–H and O–H groups in total. The molecular weight excluding hydrogens is 314 g/mol. The molecule has 5 nitrogen and oxygen atoms in total. The van der Waals surface area contributed by atoms with Gasteiger partial charge in [-0.1, -0.05) is 18.2 Å². The van der Waals surface area contributed by atoms with Crippen LogP contribution in [0.2, 0.25) is 0 Å². The summed E-state index contributed by atoms with van der Waals surface area (Å²) in [6.07, 6.45) is 3.27. The molecule has 1 amide bonds. The van der Waals surface area contributed by atoms with Crippen molar-refractivity contribution in [3.05, 3.63) is 72.6 Å². The molecule has 25 heavy (non-hydrogen) atoms. The first-order chi connectivity index (χ1) is 12.3. The van der Waals surface area contributed by atoms with Crippen molar-refractivity contribution in [3.63, 3.8) is 0 Å². The summed E-state index contributed by atoms with van der Waals surface area (Å²) in [6.45, 7) is 0. The fourth-order valence-corrected chi connectivity index (χ4v) is 2.83. The number of nitrogens with one attached hydrogen (secondary N) is 1. The number of ether oxygens (including phenoxy) is 1. The summed E-state index contributed by atoms with van der Waals surface area (Å²) in [5.74, 6) is 0.427. The summed E-state index contributed by atoms with van der Waals surface area (Å²) < 4.78 is 5.43. The number of para-hydroxylation sites is 1. The van der Waals surface area contributed by atoms with Gasteiger partial charge in [0.25, 0.3) is 5.91 Å². The zero-order valence-electron chi connectivity index (χ0n) is 13.6. The average Bonchev–Trinajstić information content (AvgIpc) is 2.66. The van der Waals surface area contributed by atoms with Gasteiger partial charge < -0.3 is 10.1 Å². The van der Waals surface area contributed by atoms with Crippen molar-refractivity contribution in [2.45, 2.75) is 0 Å². The van der Waals surface area contributed by atoms with E-state index in [1.165, 1.54) is 0 Å². The molecule has 0 aliphatic rings. The molecule has 2 aromatic carbocycles. The van der Waals surface area contributed by atoms with E-state index in [4.69, 9.17) is 4.74 Å². The second-order valence-electron chi connectivity index (χ2n) is 5.59. The largest absolute Gasteiger partial charge is 0.494 e. The quantitative estimate of drug-likeness (QED) is 0.576. The minimum atomic E-state index is -0.210. The number of methoxy groups -OCH3 is 1. The Labute approximate surface area is 144 Å². The van der Waals surface area contributed by atoms with Crippen LogP contribution in [0.1, 0.15) is 10.4 Å². The molecule has 4 aromatic rings. The molecule has 0 aliphatic heterocycles. The number of benzene rings is 2. The molecule has 0 aliphatic carbocycles. The van der Waals surface area contributed by atoms with Crippen LogP contribution in [-0.2, 0) is 0 Å². The molecule has 0 radical (unpaired) electrons. The number of hydrogen-bond donors (Lipinski definition) is 1. The molecule has 4 rings (SSSR count). The number of nitrogens with zero attached hydrogens (tertiary/aromatic N) is 2. The van der Waals surface area contributed by atoms with Crippen LogP contribution in [0, 0.1) is 0 Å². The number of aromatic nitrogens is 2. The van der Waals surface area contributed by atoms with E-state index in [0.29, 0.717) is 22.5 Å². The number of amides is 1. The highest BCUT2D eigenvalue weighted by Gasteiger charge is 2.15. The van der Waals surface area contributed by atoms with Crippen molar-refractivity contribution >= 4 is 33.4 Å². The van der Waals surface area contributed by atoms with Gasteiger partial charge in [-0.05, 0) is 36.4 Å². The average molecular weight is 329 g/mol. The Morgan fingerprint density at radius 1 is 1.08 bits per heavy atom. The molecule has 0 unspecified atom stereocenters. The molecule has 2 aromatic heterocycles. The first kappa shape index (κ1) is 15.1. The molecule has 122 valence electrons. The highest BCUT2D eigenvalue weighted by Crippen LogP contribution is 2.30. The molecule has 2 heterocycles. The van der Waals surface area contributed by atoms with Gasteiger partial charge in [-0.25, -0.2) is 4.98 Å². The predicted molar refractivity (Wildman–Crippen MR) is 98.0 cm³/mol. The van der Waals surface area contributed by atoms with Gasteiger partial charge in [-0.15, -0.1) is 0 Å².